The molecule has 0 bridgehead atoms. The summed E-state index contributed by atoms with van der Waals surface area (Å²) in [6.45, 7) is 3.50. The van der Waals surface area contributed by atoms with E-state index < -0.39 is 19.8 Å². The maximum absolute atomic E-state index is 13.6. The number of hydrogen-bond acceptors (Lipinski definition) is 10. The number of methoxy groups -OCH3 is 1. The fourth-order valence-electron chi connectivity index (χ4n) is 4.36. The van der Waals surface area contributed by atoms with E-state index in [-0.39, 0.29) is 24.5 Å². The van der Waals surface area contributed by atoms with Gasteiger partial charge in [0.2, 0.25) is 5.95 Å². The molecule has 0 amide bonds. The second kappa shape index (κ2) is 10.5. The number of carbonyl (C=O) groups is 1. The Morgan fingerprint density at radius 3 is 2.73 bits per heavy atom. The number of fused-ring (bicyclic) bond motifs is 1. The van der Waals surface area contributed by atoms with Crippen molar-refractivity contribution in [3.63, 3.8) is 0 Å². The largest absolute Gasteiger partial charge is 0.468 e. The van der Waals surface area contributed by atoms with Gasteiger partial charge in [0, 0.05) is 19.0 Å². The summed E-state index contributed by atoms with van der Waals surface area (Å²) in [5.74, 6) is 0.698. The van der Waals surface area contributed by atoms with Crippen LogP contribution in [0.3, 0.4) is 0 Å². The number of nitrogens with zero attached hydrogens (tertiary/aromatic N) is 5. The fourth-order valence-corrected chi connectivity index (χ4v) is 5.91. The topological polar surface area (TPSA) is 147 Å². The van der Waals surface area contributed by atoms with E-state index in [1.807, 2.05) is 22.8 Å². The molecule has 1 aromatic carbocycles. The third kappa shape index (κ3) is 5.46. The van der Waals surface area contributed by atoms with Gasteiger partial charge < -0.3 is 24.5 Å². The first-order valence-electron chi connectivity index (χ1n) is 12.1. The highest BCUT2D eigenvalue weighted by Crippen LogP contribution is 2.46. The lowest BCUT2D eigenvalue weighted by Crippen LogP contribution is -2.38. The molecule has 2 aromatic heterocycles. The lowest BCUT2D eigenvalue weighted by Gasteiger charge is -2.32. The summed E-state index contributed by atoms with van der Waals surface area (Å²) in [6, 6.07) is 7.73. The third-order valence-electron chi connectivity index (χ3n) is 6.42. The van der Waals surface area contributed by atoms with Crippen LogP contribution in [-0.2, 0) is 18.6 Å². The van der Waals surface area contributed by atoms with Crippen molar-refractivity contribution in [3.8, 4) is 5.75 Å². The zero-order valence-corrected chi connectivity index (χ0v) is 21.6. The summed E-state index contributed by atoms with van der Waals surface area (Å²) in [5, 5.41) is 2.68. The van der Waals surface area contributed by atoms with E-state index in [1.54, 1.807) is 30.6 Å². The molecule has 1 fully saturated rings. The molecule has 0 radical (unpaired) electrons. The number of ether oxygens (including phenoxy) is 1. The van der Waals surface area contributed by atoms with Gasteiger partial charge in [-0.2, -0.15) is 15.1 Å². The monoisotopic (exact) mass is 527 g/mol. The summed E-state index contributed by atoms with van der Waals surface area (Å²) >= 11 is 0. The lowest BCUT2D eigenvalue weighted by atomic mass is 10.1. The van der Waals surface area contributed by atoms with Gasteiger partial charge in [-0.15, -0.1) is 0 Å². The van der Waals surface area contributed by atoms with Crippen LogP contribution in [0.25, 0.3) is 11.2 Å². The summed E-state index contributed by atoms with van der Waals surface area (Å²) in [7, 11) is -2.64. The van der Waals surface area contributed by atoms with Crippen LogP contribution in [0.1, 0.15) is 25.8 Å². The number of hydrogen-bond donors (Lipinski definition) is 2. The number of nitrogens with one attached hydrogen (secondary N) is 1. The number of nitrogen functional groups attached to an aromatic ring is 1. The summed E-state index contributed by atoms with van der Waals surface area (Å²) in [4.78, 5) is 27.5. The van der Waals surface area contributed by atoms with Crippen molar-refractivity contribution >= 4 is 36.6 Å². The molecule has 2 aliphatic rings. The van der Waals surface area contributed by atoms with E-state index in [4.69, 9.17) is 19.5 Å². The number of nitrogens with two attached hydrogens (primary N) is 1. The standard InChI is InChI=1S/C24H30N7O5P/c1-16(23(32)34-2)29-37(33,36-19-7-4-3-5-8-19)35-14-17-9-10-18(13-17)31-15-26-20-21(30-11-6-12-30)27-24(25)28-22(20)31/h3-5,7-10,15-18H,6,11-14H2,1-2H3,(H,29,33)(H2,25,27,28)/t16-,17+,18-,37?/m0/s1. The molecule has 1 unspecified atom stereocenters. The summed E-state index contributed by atoms with van der Waals surface area (Å²) < 4.78 is 31.8. The normalized spacial score (nSPS) is 21.4. The SMILES string of the molecule is COC(=O)[C@H](C)NP(=O)(OC[C@@H]1C=C[C@H](n2cnc3c(N4CCC4)nc(N)nc32)C1)Oc1ccccc1. The van der Waals surface area contributed by atoms with Gasteiger partial charge in [-0.3, -0.25) is 9.32 Å². The van der Waals surface area contributed by atoms with E-state index in [1.165, 1.54) is 14.0 Å². The number of rotatable bonds is 10. The Kier molecular flexibility index (Phi) is 7.14. The predicted molar refractivity (Wildman–Crippen MR) is 138 cm³/mol. The van der Waals surface area contributed by atoms with Crippen molar-refractivity contribution < 1.29 is 23.1 Å². The van der Waals surface area contributed by atoms with Crippen molar-refractivity contribution in [2.24, 2.45) is 5.92 Å². The Labute approximate surface area is 214 Å². The van der Waals surface area contributed by atoms with Gasteiger partial charge in [0.15, 0.2) is 17.0 Å². The highest BCUT2D eigenvalue weighted by molar-refractivity contribution is 7.52. The van der Waals surface area contributed by atoms with Gasteiger partial charge in [0.25, 0.3) is 0 Å². The van der Waals surface area contributed by atoms with Crippen LogP contribution in [0.15, 0.2) is 48.8 Å². The smallest absolute Gasteiger partial charge is 0.459 e. The van der Waals surface area contributed by atoms with E-state index in [0.29, 0.717) is 17.8 Å². The van der Waals surface area contributed by atoms with Crippen molar-refractivity contribution in [1.29, 1.82) is 0 Å². The Balaban J connectivity index is 1.28. The Morgan fingerprint density at radius 1 is 1.24 bits per heavy atom. The zero-order valence-electron chi connectivity index (χ0n) is 20.7. The number of esters is 1. The Hall–Kier alpha value is -3.47. The quantitative estimate of drug-likeness (QED) is 0.228. The molecule has 196 valence electrons. The molecule has 3 aromatic rings. The van der Waals surface area contributed by atoms with Crippen molar-refractivity contribution in [3.05, 3.63) is 48.8 Å². The highest BCUT2D eigenvalue weighted by atomic mass is 31.2. The number of carbonyl (C=O) groups excluding carboxylic acids is 1. The molecular weight excluding hydrogens is 497 g/mol. The van der Waals surface area contributed by atoms with Crippen LogP contribution in [0.4, 0.5) is 11.8 Å². The molecule has 3 N–H and O–H groups in total. The molecular formula is C24H30N7O5P. The molecule has 0 spiro atoms. The van der Waals surface area contributed by atoms with E-state index in [2.05, 4.69) is 24.9 Å². The van der Waals surface area contributed by atoms with Gasteiger partial charge in [-0.1, -0.05) is 30.4 Å². The average Bonchev–Trinajstić information content (AvgIpc) is 3.48. The minimum Gasteiger partial charge on any atom is -0.468 e. The second-order valence-electron chi connectivity index (χ2n) is 9.09. The van der Waals surface area contributed by atoms with Crippen LogP contribution in [0.2, 0.25) is 0 Å². The number of allylic oxidation sites excluding steroid dienone is 1. The average molecular weight is 528 g/mol. The predicted octanol–water partition coefficient (Wildman–Crippen LogP) is 3.09. The maximum atomic E-state index is 13.6. The van der Waals surface area contributed by atoms with Crippen LogP contribution < -0.4 is 20.2 Å². The molecule has 5 rings (SSSR count). The van der Waals surface area contributed by atoms with Gasteiger partial charge in [-0.05, 0) is 31.9 Å². The minimum atomic E-state index is -3.90. The minimum absolute atomic E-state index is 0.0338. The number of imidazole rings is 1. The van der Waals surface area contributed by atoms with E-state index >= 15 is 0 Å². The molecule has 1 aliphatic carbocycles. The lowest BCUT2D eigenvalue weighted by molar-refractivity contribution is -0.142. The first-order chi connectivity index (χ1) is 17.8. The molecule has 4 atom stereocenters. The highest BCUT2D eigenvalue weighted by Gasteiger charge is 2.34. The molecule has 12 nitrogen and oxygen atoms in total. The molecule has 1 aliphatic heterocycles. The summed E-state index contributed by atoms with van der Waals surface area (Å²) in [6.07, 6.45) is 7.60. The van der Waals surface area contributed by atoms with Crippen LogP contribution in [-0.4, -0.2) is 58.3 Å². The van der Waals surface area contributed by atoms with Gasteiger partial charge in [-0.25, -0.2) is 9.55 Å². The maximum Gasteiger partial charge on any atom is 0.459 e. The zero-order chi connectivity index (χ0) is 26.0. The van der Waals surface area contributed by atoms with Crippen LogP contribution in [0, 0.1) is 5.92 Å². The Bertz CT molecular complexity index is 1340. The van der Waals surface area contributed by atoms with Crippen molar-refractivity contribution in [2.45, 2.75) is 31.8 Å². The summed E-state index contributed by atoms with van der Waals surface area (Å²) in [5.41, 5.74) is 7.42. The van der Waals surface area contributed by atoms with Gasteiger partial charge >= 0.3 is 13.7 Å². The van der Waals surface area contributed by atoms with Crippen molar-refractivity contribution in [1.82, 2.24) is 24.6 Å². The van der Waals surface area contributed by atoms with Crippen molar-refractivity contribution in [2.75, 3.05) is 37.4 Å². The second-order valence-corrected chi connectivity index (χ2v) is 10.8. The first-order valence-corrected chi connectivity index (χ1v) is 13.7. The third-order valence-corrected chi connectivity index (χ3v) is 8.06. The molecule has 37 heavy (non-hydrogen) atoms. The first kappa shape index (κ1) is 25.2. The molecule has 1 saturated heterocycles. The van der Waals surface area contributed by atoms with Gasteiger partial charge in [0.1, 0.15) is 11.8 Å². The molecule has 13 heteroatoms. The number of aromatic nitrogens is 4. The van der Waals surface area contributed by atoms with E-state index in [0.717, 1.165) is 30.8 Å². The van der Waals surface area contributed by atoms with Crippen LogP contribution >= 0.6 is 7.75 Å². The molecule has 0 saturated carbocycles. The number of anilines is 2. The van der Waals surface area contributed by atoms with E-state index in [9.17, 15) is 9.36 Å². The number of para-hydroxylation sites is 1. The fraction of sp³-hybridized carbons (Fsp3) is 0.417. The van der Waals surface area contributed by atoms with Crippen LogP contribution in [0.5, 0.6) is 5.75 Å². The number of benzene rings is 1. The van der Waals surface area contributed by atoms with Gasteiger partial charge in [0.05, 0.1) is 26.1 Å². The molecule has 3 heterocycles. The Morgan fingerprint density at radius 2 is 2.03 bits per heavy atom.